The summed E-state index contributed by atoms with van der Waals surface area (Å²) in [5.41, 5.74) is -0.0532. The van der Waals surface area contributed by atoms with E-state index in [0.29, 0.717) is 5.75 Å². The van der Waals surface area contributed by atoms with Crippen LogP contribution in [0.15, 0.2) is 59.5 Å². The lowest BCUT2D eigenvalue weighted by molar-refractivity contribution is -0.144. The first-order valence-corrected chi connectivity index (χ1v) is 5.68. The number of aromatic nitrogens is 1. The number of para-hydroxylation sites is 1. The molecular formula is C14H15NO4. The number of hydrogen-bond acceptors (Lipinski definition) is 3. The Kier molecular flexibility index (Phi) is 5.88. The number of aromatic amines is 1. The zero-order chi connectivity index (χ0) is 14.1. The second-order valence-corrected chi connectivity index (χ2v) is 3.64. The van der Waals surface area contributed by atoms with E-state index in [9.17, 15) is 9.59 Å². The molecule has 100 valence electrons. The third-order valence-corrected chi connectivity index (χ3v) is 2.08. The average Bonchev–Trinajstić information content (AvgIpc) is 2.41. The van der Waals surface area contributed by atoms with Crippen molar-refractivity contribution in [3.05, 3.63) is 65.1 Å². The van der Waals surface area contributed by atoms with Crippen molar-refractivity contribution in [1.29, 1.82) is 0 Å². The zero-order valence-electron chi connectivity index (χ0n) is 10.4. The molecule has 0 bridgehead atoms. The van der Waals surface area contributed by atoms with Gasteiger partial charge in [-0.15, -0.1) is 0 Å². The van der Waals surface area contributed by atoms with Crippen molar-refractivity contribution in [3.63, 3.8) is 0 Å². The molecule has 19 heavy (non-hydrogen) atoms. The molecule has 1 unspecified atom stereocenters. The molecule has 2 aromatic rings. The van der Waals surface area contributed by atoms with Gasteiger partial charge in [0.15, 0.2) is 6.10 Å². The van der Waals surface area contributed by atoms with Crippen LogP contribution in [-0.2, 0) is 4.79 Å². The van der Waals surface area contributed by atoms with Crippen molar-refractivity contribution in [1.82, 2.24) is 4.98 Å². The molecule has 1 aromatic heterocycles. The van der Waals surface area contributed by atoms with Gasteiger partial charge in [0.1, 0.15) is 5.75 Å². The van der Waals surface area contributed by atoms with Gasteiger partial charge in [0, 0.05) is 12.3 Å². The molecule has 0 aliphatic carbocycles. The van der Waals surface area contributed by atoms with E-state index in [0.717, 1.165) is 0 Å². The standard InChI is InChI=1S/C9H10O3.C5H5NO/c1-7(9(10)11)12-8-5-3-2-4-6-8;7-5-3-1-2-4-6-5/h2-7H,1H3,(H,10,11);1-4H,(H,6,7). The van der Waals surface area contributed by atoms with E-state index >= 15 is 0 Å². The van der Waals surface area contributed by atoms with Crippen LogP contribution >= 0.6 is 0 Å². The van der Waals surface area contributed by atoms with E-state index < -0.39 is 12.1 Å². The Bertz CT molecular complexity index is 533. The molecule has 2 rings (SSSR count). The third kappa shape index (κ3) is 6.07. The van der Waals surface area contributed by atoms with Crippen LogP contribution in [0.25, 0.3) is 0 Å². The quantitative estimate of drug-likeness (QED) is 0.884. The van der Waals surface area contributed by atoms with Gasteiger partial charge in [-0.1, -0.05) is 24.3 Å². The summed E-state index contributed by atoms with van der Waals surface area (Å²) in [6, 6.07) is 13.8. The highest BCUT2D eigenvalue weighted by atomic mass is 16.5. The summed E-state index contributed by atoms with van der Waals surface area (Å²) in [5.74, 6) is -0.383. The molecule has 0 fully saturated rings. The van der Waals surface area contributed by atoms with E-state index in [1.165, 1.54) is 13.0 Å². The molecule has 2 N–H and O–H groups in total. The van der Waals surface area contributed by atoms with Crippen LogP contribution in [0.4, 0.5) is 0 Å². The fraction of sp³-hybridized carbons (Fsp3) is 0.143. The van der Waals surface area contributed by atoms with Gasteiger partial charge in [-0.05, 0) is 25.1 Å². The molecule has 1 aromatic carbocycles. The van der Waals surface area contributed by atoms with Gasteiger partial charge >= 0.3 is 5.97 Å². The maximum atomic E-state index is 10.4. The van der Waals surface area contributed by atoms with Crippen molar-refractivity contribution in [3.8, 4) is 5.75 Å². The third-order valence-electron chi connectivity index (χ3n) is 2.08. The van der Waals surface area contributed by atoms with Crippen LogP contribution in [0.3, 0.4) is 0 Å². The predicted octanol–water partition coefficient (Wildman–Crippen LogP) is 1.91. The molecule has 0 aliphatic rings. The summed E-state index contributed by atoms with van der Waals surface area (Å²) in [5, 5.41) is 8.52. The lowest BCUT2D eigenvalue weighted by Gasteiger charge is -2.09. The molecule has 0 saturated heterocycles. The van der Waals surface area contributed by atoms with E-state index in [1.54, 1.807) is 42.6 Å². The number of pyridine rings is 1. The Hall–Kier alpha value is -2.56. The van der Waals surface area contributed by atoms with Gasteiger partial charge in [-0.3, -0.25) is 4.79 Å². The number of aliphatic carboxylic acids is 1. The highest BCUT2D eigenvalue weighted by Gasteiger charge is 2.11. The number of benzene rings is 1. The number of carboxylic acids is 1. The number of H-pyrrole nitrogens is 1. The summed E-state index contributed by atoms with van der Waals surface area (Å²) in [6.07, 6.45) is 0.801. The zero-order valence-corrected chi connectivity index (χ0v) is 10.4. The van der Waals surface area contributed by atoms with Gasteiger partial charge < -0.3 is 14.8 Å². The van der Waals surface area contributed by atoms with Crippen molar-refractivity contribution < 1.29 is 14.6 Å². The summed E-state index contributed by atoms with van der Waals surface area (Å²) >= 11 is 0. The Labute approximate surface area is 110 Å². The molecule has 0 radical (unpaired) electrons. The first-order valence-electron chi connectivity index (χ1n) is 5.68. The summed E-state index contributed by atoms with van der Waals surface area (Å²) in [7, 11) is 0. The topological polar surface area (TPSA) is 79.4 Å². The highest BCUT2D eigenvalue weighted by Crippen LogP contribution is 2.10. The fourth-order valence-corrected chi connectivity index (χ4v) is 1.13. The van der Waals surface area contributed by atoms with Gasteiger partial charge in [0.2, 0.25) is 5.56 Å². The Balaban J connectivity index is 0.000000218. The van der Waals surface area contributed by atoms with Gasteiger partial charge in [0.05, 0.1) is 0 Å². The van der Waals surface area contributed by atoms with Crippen LogP contribution in [0.5, 0.6) is 5.75 Å². The van der Waals surface area contributed by atoms with E-state index in [4.69, 9.17) is 9.84 Å². The number of rotatable bonds is 3. The van der Waals surface area contributed by atoms with Gasteiger partial charge in [-0.2, -0.15) is 0 Å². The molecule has 5 nitrogen and oxygen atoms in total. The normalized spacial score (nSPS) is 10.8. The van der Waals surface area contributed by atoms with Crippen LogP contribution in [0.2, 0.25) is 0 Å². The van der Waals surface area contributed by atoms with E-state index in [2.05, 4.69) is 4.98 Å². The highest BCUT2D eigenvalue weighted by molar-refractivity contribution is 5.72. The van der Waals surface area contributed by atoms with Crippen LogP contribution in [0.1, 0.15) is 6.92 Å². The number of carboxylic acid groups (broad SMARTS) is 1. The minimum absolute atomic E-state index is 0.0532. The summed E-state index contributed by atoms with van der Waals surface area (Å²) in [4.78, 5) is 23.1. The monoisotopic (exact) mass is 261 g/mol. The SMILES string of the molecule is CC(Oc1ccccc1)C(=O)O.O=c1cccc[nH]1. The molecule has 0 aliphatic heterocycles. The van der Waals surface area contributed by atoms with Crippen LogP contribution in [-0.4, -0.2) is 22.2 Å². The van der Waals surface area contributed by atoms with Gasteiger partial charge in [-0.25, -0.2) is 4.79 Å². The van der Waals surface area contributed by atoms with Crippen molar-refractivity contribution in [2.45, 2.75) is 13.0 Å². The molecule has 5 heteroatoms. The second kappa shape index (κ2) is 7.71. The largest absolute Gasteiger partial charge is 0.479 e. The first kappa shape index (κ1) is 14.5. The Morgan fingerprint density at radius 3 is 2.21 bits per heavy atom. The Morgan fingerprint density at radius 2 is 1.79 bits per heavy atom. The van der Waals surface area contributed by atoms with Crippen LogP contribution < -0.4 is 10.3 Å². The fourth-order valence-electron chi connectivity index (χ4n) is 1.13. The predicted molar refractivity (Wildman–Crippen MR) is 71.2 cm³/mol. The summed E-state index contributed by atoms with van der Waals surface area (Å²) < 4.78 is 5.08. The number of hydrogen-bond donors (Lipinski definition) is 2. The number of nitrogens with one attached hydrogen (secondary N) is 1. The van der Waals surface area contributed by atoms with Crippen molar-refractivity contribution >= 4 is 5.97 Å². The number of ether oxygens (including phenoxy) is 1. The Morgan fingerprint density at radius 1 is 1.16 bits per heavy atom. The lowest BCUT2D eigenvalue weighted by Crippen LogP contribution is -2.22. The smallest absolute Gasteiger partial charge is 0.344 e. The second-order valence-electron chi connectivity index (χ2n) is 3.64. The maximum absolute atomic E-state index is 10.4. The maximum Gasteiger partial charge on any atom is 0.344 e. The number of carbonyl (C=O) groups is 1. The van der Waals surface area contributed by atoms with Gasteiger partial charge in [0.25, 0.3) is 0 Å². The lowest BCUT2D eigenvalue weighted by atomic mass is 10.3. The molecule has 1 atom stereocenters. The van der Waals surface area contributed by atoms with Crippen LogP contribution in [0, 0.1) is 0 Å². The van der Waals surface area contributed by atoms with Crippen molar-refractivity contribution in [2.24, 2.45) is 0 Å². The average molecular weight is 261 g/mol. The minimum atomic E-state index is -0.959. The van der Waals surface area contributed by atoms with E-state index in [-0.39, 0.29) is 5.56 Å². The summed E-state index contributed by atoms with van der Waals surface area (Å²) in [6.45, 7) is 1.50. The van der Waals surface area contributed by atoms with Crippen molar-refractivity contribution in [2.75, 3.05) is 0 Å². The first-order chi connectivity index (χ1) is 9.09. The molecule has 0 saturated carbocycles. The molecular weight excluding hydrogens is 246 g/mol. The minimum Gasteiger partial charge on any atom is -0.479 e. The molecule has 0 spiro atoms. The molecule has 1 heterocycles. The van der Waals surface area contributed by atoms with E-state index in [1.807, 2.05) is 6.07 Å². The molecule has 0 amide bonds.